The highest BCUT2D eigenvalue weighted by atomic mass is 32.2. The van der Waals surface area contributed by atoms with Crippen molar-refractivity contribution in [2.75, 3.05) is 0 Å². The smallest absolute Gasteiger partial charge is 0.416 e. The zero-order valence-electron chi connectivity index (χ0n) is 14.9. The Morgan fingerprint density at radius 2 is 1.65 bits per heavy atom. The van der Waals surface area contributed by atoms with Crippen molar-refractivity contribution in [1.29, 1.82) is 0 Å². The largest absolute Gasteiger partial charge is 0.456 e. The number of rotatable bonds is 2. The molecule has 0 bridgehead atoms. The third-order valence-electron chi connectivity index (χ3n) is 4.26. The van der Waals surface area contributed by atoms with Crippen molar-refractivity contribution in [2.45, 2.75) is 12.4 Å². The molecule has 2 aromatic heterocycles. The van der Waals surface area contributed by atoms with E-state index in [9.17, 15) is 31.1 Å². The Morgan fingerprint density at radius 1 is 1.00 bits per heavy atom. The van der Waals surface area contributed by atoms with E-state index >= 15 is 0 Å². The molecule has 1 saturated heterocycles. The fourth-order valence-corrected chi connectivity index (χ4v) is 3.94. The predicted molar refractivity (Wildman–Crippen MR) is 106 cm³/mol. The van der Waals surface area contributed by atoms with E-state index in [2.05, 4.69) is 10.3 Å². The Morgan fingerprint density at radius 3 is 2.19 bits per heavy atom. The van der Waals surface area contributed by atoms with Gasteiger partial charge in [0.15, 0.2) is 0 Å². The van der Waals surface area contributed by atoms with Gasteiger partial charge in [0.25, 0.3) is 5.91 Å². The van der Waals surface area contributed by atoms with Crippen molar-refractivity contribution in [1.82, 2.24) is 10.3 Å². The minimum absolute atomic E-state index is 0.0280. The molecular weight excluding hydrogens is 466 g/mol. The monoisotopic (exact) mass is 474 g/mol. The predicted octanol–water partition coefficient (Wildman–Crippen LogP) is 6.02. The molecule has 1 N–H and O–H groups in total. The Balaban J connectivity index is 1.87. The number of pyridine rings is 1. The number of benzene rings is 1. The first kappa shape index (κ1) is 21.4. The molecule has 4 rings (SSSR count). The summed E-state index contributed by atoms with van der Waals surface area (Å²) in [6.07, 6.45) is -6.14. The molecule has 160 valence electrons. The van der Waals surface area contributed by atoms with E-state index in [0.717, 1.165) is 18.0 Å². The van der Waals surface area contributed by atoms with Crippen LogP contribution in [0.1, 0.15) is 16.9 Å². The van der Waals surface area contributed by atoms with Crippen LogP contribution in [-0.2, 0) is 17.1 Å². The van der Waals surface area contributed by atoms with Gasteiger partial charge < -0.3 is 9.73 Å². The molecule has 0 atom stereocenters. The molecule has 1 aliphatic rings. The molecule has 1 amide bonds. The van der Waals surface area contributed by atoms with Gasteiger partial charge in [0.05, 0.1) is 16.0 Å². The van der Waals surface area contributed by atoms with Crippen LogP contribution >= 0.6 is 24.0 Å². The van der Waals surface area contributed by atoms with E-state index in [0.29, 0.717) is 17.5 Å². The first-order chi connectivity index (χ1) is 14.4. The molecule has 1 aromatic carbocycles. The normalized spacial score (nSPS) is 16.4. The second-order valence-electron chi connectivity index (χ2n) is 6.40. The van der Waals surface area contributed by atoms with Gasteiger partial charge in [0, 0.05) is 29.4 Å². The molecule has 3 heterocycles. The van der Waals surface area contributed by atoms with E-state index in [4.69, 9.17) is 16.6 Å². The van der Waals surface area contributed by atoms with E-state index in [1.54, 1.807) is 0 Å². The van der Waals surface area contributed by atoms with E-state index < -0.39 is 29.4 Å². The number of thiocarbonyl (C=S) groups is 1. The van der Waals surface area contributed by atoms with Crippen LogP contribution in [0.5, 0.6) is 0 Å². The van der Waals surface area contributed by atoms with Crippen LogP contribution in [0.2, 0.25) is 0 Å². The lowest BCUT2D eigenvalue weighted by Gasteiger charge is -2.14. The number of nitrogens with one attached hydrogen (secondary N) is 1. The number of nitrogens with zero attached hydrogens (tertiary/aromatic N) is 1. The van der Waals surface area contributed by atoms with Crippen molar-refractivity contribution in [2.24, 2.45) is 0 Å². The van der Waals surface area contributed by atoms with Crippen molar-refractivity contribution in [3.63, 3.8) is 0 Å². The van der Waals surface area contributed by atoms with Crippen LogP contribution in [0.3, 0.4) is 0 Å². The Labute approximate surface area is 179 Å². The molecule has 0 aliphatic carbocycles. The SMILES string of the molecule is O=C1NC(=S)S/C1=C/c1cc2cncc(-c3cc(C(F)(F)F)cc(C(F)(F)F)c3)c2o1. The van der Waals surface area contributed by atoms with Crippen LogP contribution in [0.25, 0.3) is 28.2 Å². The van der Waals surface area contributed by atoms with Gasteiger partial charge in [0.1, 0.15) is 15.7 Å². The van der Waals surface area contributed by atoms with Crippen molar-refractivity contribution in [3.05, 3.63) is 58.5 Å². The lowest BCUT2D eigenvalue weighted by Crippen LogP contribution is -2.17. The van der Waals surface area contributed by atoms with Crippen LogP contribution in [0.4, 0.5) is 26.3 Å². The fraction of sp³-hybridized carbons (Fsp3) is 0.105. The number of carbonyl (C=O) groups is 1. The van der Waals surface area contributed by atoms with Gasteiger partial charge in [-0.25, -0.2) is 0 Å². The fourth-order valence-electron chi connectivity index (χ4n) is 2.92. The molecule has 1 fully saturated rings. The summed E-state index contributed by atoms with van der Waals surface area (Å²) in [5.41, 5.74) is -3.28. The summed E-state index contributed by atoms with van der Waals surface area (Å²) in [5, 5.41) is 2.75. The average Bonchev–Trinajstić information content (AvgIpc) is 3.21. The average molecular weight is 474 g/mol. The van der Waals surface area contributed by atoms with E-state index in [1.807, 2.05) is 0 Å². The van der Waals surface area contributed by atoms with Crippen LogP contribution in [0.15, 0.2) is 46.0 Å². The van der Waals surface area contributed by atoms with Gasteiger partial charge in [-0.3, -0.25) is 9.78 Å². The van der Waals surface area contributed by atoms with Gasteiger partial charge in [-0.1, -0.05) is 24.0 Å². The second-order valence-corrected chi connectivity index (χ2v) is 8.12. The number of carbonyl (C=O) groups excluding carboxylic acids is 1. The van der Waals surface area contributed by atoms with Gasteiger partial charge in [0.2, 0.25) is 0 Å². The summed E-state index contributed by atoms with van der Waals surface area (Å²) in [6.45, 7) is 0. The van der Waals surface area contributed by atoms with E-state index in [-0.39, 0.29) is 37.8 Å². The number of alkyl halides is 6. The van der Waals surface area contributed by atoms with Crippen molar-refractivity contribution < 1.29 is 35.6 Å². The molecule has 31 heavy (non-hydrogen) atoms. The van der Waals surface area contributed by atoms with Crippen LogP contribution < -0.4 is 5.32 Å². The first-order valence-electron chi connectivity index (χ1n) is 8.34. The van der Waals surface area contributed by atoms with Gasteiger partial charge in [-0.2, -0.15) is 26.3 Å². The minimum Gasteiger partial charge on any atom is -0.456 e. The highest BCUT2D eigenvalue weighted by Gasteiger charge is 2.37. The van der Waals surface area contributed by atoms with Gasteiger partial charge >= 0.3 is 12.4 Å². The number of hydrogen-bond donors (Lipinski definition) is 1. The molecular formula is C19H8F6N2O2S2. The molecule has 12 heteroatoms. The Kier molecular flexibility index (Phi) is 5.09. The summed E-state index contributed by atoms with van der Waals surface area (Å²) >= 11 is 5.88. The molecule has 3 aromatic rings. The minimum atomic E-state index is -4.98. The van der Waals surface area contributed by atoms with Gasteiger partial charge in [-0.05, 0) is 29.8 Å². The quantitative estimate of drug-likeness (QED) is 0.280. The molecule has 0 unspecified atom stereocenters. The molecule has 0 saturated carbocycles. The number of thioether (sulfide) groups is 1. The summed E-state index contributed by atoms with van der Waals surface area (Å²) in [6, 6.07) is 2.72. The Hall–Kier alpha value is -2.86. The van der Waals surface area contributed by atoms with Gasteiger partial charge in [-0.15, -0.1) is 0 Å². The third-order valence-corrected chi connectivity index (χ3v) is 5.42. The van der Waals surface area contributed by atoms with E-state index in [1.165, 1.54) is 18.3 Å². The maximum Gasteiger partial charge on any atom is 0.416 e. The number of aromatic nitrogens is 1. The summed E-state index contributed by atoms with van der Waals surface area (Å²) in [7, 11) is 0. The number of hydrogen-bond acceptors (Lipinski definition) is 5. The van der Waals surface area contributed by atoms with Crippen LogP contribution in [-0.4, -0.2) is 15.2 Å². The first-order valence-corrected chi connectivity index (χ1v) is 9.56. The Bertz CT molecular complexity index is 1230. The second kappa shape index (κ2) is 7.38. The summed E-state index contributed by atoms with van der Waals surface area (Å²) in [5.74, 6) is -0.281. The number of halogens is 6. The highest BCUT2D eigenvalue weighted by Crippen LogP contribution is 2.40. The lowest BCUT2D eigenvalue weighted by molar-refractivity contribution is -0.143. The standard InChI is InChI=1S/C19H8F6N2O2S2/c20-18(21,22)10-1-8(2-11(4-10)19(23,24)25)13-7-26-6-9-3-12(29-15(9)13)5-14-16(28)27-17(30)31-14/h1-7H,(H,27,28,30)/b14-5+. The molecule has 0 spiro atoms. The molecule has 4 nitrogen and oxygen atoms in total. The highest BCUT2D eigenvalue weighted by molar-refractivity contribution is 8.26. The maximum absolute atomic E-state index is 13.2. The zero-order chi connectivity index (χ0) is 22.6. The number of furan rings is 1. The summed E-state index contributed by atoms with van der Waals surface area (Å²) < 4.78 is 85.1. The number of amides is 1. The van der Waals surface area contributed by atoms with Crippen LogP contribution in [0, 0.1) is 0 Å². The number of fused-ring (bicyclic) bond motifs is 1. The molecule has 0 radical (unpaired) electrons. The van der Waals surface area contributed by atoms with Crippen molar-refractivity contribution >= 4 is 51.3 Å². The maximum atomic E-state index is 13.2. The zero-order valence-corrected chi connectivity index (χ0v) is 16.5. The topological polar surface area (TPSA) is 55.1 Å². The van der Waals surface area contributed by atoms with Crippen molar-refractivity contribution in [3.8, 4) is 11.1 Å². The lowest BCUT2D eigenvalue weighted by atomic mass is 9.99. The molecule has 1 aliphatic heterocycles. The summed E-state index contributed by atoms with van der Waals surface area (Å²) in [4.78, 5) is 15.9. The third kappa shape index (κ3) is 4.30.